The smallest absolute Gasteiger partial charge is 0.125 e. The molecule has 1 aromatic carbocycles. The van der Waals surface area contributed by atoms with E-state index >= 15 is 0 Å². The molecule has 0 bridgehead atoms. The first-order chi connectivity index (χ1) is 9.83. The lowest BCUT2D eigenvalue weighted by molar-refractivity contribution is 0.447. The Balaban J connectivity index is 1.80. The maximum atomic E-state index is 5.58. The van der Waals surface area contributed by atoms with Crippen LogP contribution in [0, 0.1) is 0 Å². The summed E-state index contributed by atoms with van der Waals surface area (Å²) in [5.41, 5.74) is 1.21. The van der Waals surface area contributed by atoms with Gasteiger partial charge in [-0.3, -0.25) is 5.32 Å². The van der Waals surface area contributed by atoms with Crippen molar-refractivity contribution < 1.29 is 4.42 Å². The fraction of sp³-hybridized carbons (Fsp3) is 0.125. The molecule has 4 heteroatoms. The number of rotatable bonds is 5. The van der Waals surface area contributed by atoms with Crippen molar-refractivity contribution in [3.8, 4) is 0 Å². The molecule has 1 atom stereocenters. The first-order valence-electron chi connectivity index (χ1n) is 6.39. The molecule has 1 N–H and O–H groups in total. The highest BCUT2D eigenvalue weighted by molar-refractivity contribution is 9.11. The summed E-state index contributed by atoms with van der Waals surface area (Å²) in [4.78, 5) is 1.30. The first-order valence-corrected chi connectivity index (χ1v) is 8.00. The Morgan fingerprint density at radius 2 is 1.90 bits per heavy atom. The van der Waals surface area contributed by atoms with Gasteiger partial charge in [0.25, 0.3) is 0 Å². The summed E-state index contributed by atoms with van der Waals surface area (Å²) in [5.74, 6) is 0.937. The van der Waals surface area contributed by atoms with E-state index < -0.39 is 0 Å². The normalized spacial score (nSPS) is 12.4. The first kappa shape index (κ1) is 13.6. The van der Waals surface area contributed by atoms with Gasteiger partial charge in [-0.15, -0.1) is 11.3 Å². The van der Waals surface area contributed by atoms with E-state index in [4.69, 9.17) is 4.42 Å². The molecular formula is C16H14BrNOS. The van der Waals surface area contributed by atoms with Crippen molar-refractivity contribution >= 4 is 27.3 Å². The van der Waals surface area contributed by atoms with Gasteiger partial charge in [-0.2, -0.15) is 0 Å². The molecule has 0 radical (unpaired) electrons. The van der Waals surface area contributed by atoms with Crippen LogP contribution in [0.25, 0.3) is 0 Å². The van der Waals surface area contributed by atoms with Gasteiger partial charge in [-0.05, 0) is 45.8 Å². The second-order valence-electron chi connectivity index (χ2n) is 4.45. The Labute approximate surface area is 130 Å². The third-order valence-corrected chi connectivity index (χ3v) is 4.69. The number of halogens is 1. The molecule has 20 heavy (non-hydrogen) atoms. The summed E-state index contributed by atoms with van der Waals surface area (Å²) in [6.07, 6.45) is 1.72. The monoisotopic (exact) mass is 347 g/mol. The summed E-state index contributed by atoms with van der Waals surface area (Å²) < 4.78 is 6.73. The predicted molar refractivity (Wildman–Crippen MR) is 85.9 cm³/mol. The maximum absolute atomic E-state index is 5.58. The van der Waals surface area contributed by atoms with Gasteiger partial charge in [0, 0.05) is 11.4 Å². The zero-order valence-corrected chi connectivity index (χ0v) is 13.2. The van der Waals surface area contributed by atoms with E-state index in [1.165, 1.54) is 10.4 Å². The van der Waals surface area contributed by atoms with Gasteiger partial charge < -0.3 is 4.42 Å². The topological polar surface area (TPSA) is 25.2 Å². The van der Waals surface area contributed by atoms with Crippen LogP contribution in [0.4, 0.5) is 0 Å². The van der Waals surface area contributed by atoms with Gasteiger partial charge in [0.1, 0.15) is 5.76 Å². The second kappa shape index (κ2) is 6.39. The molecule has 1 unspecified atom stereocenters. The van der Waals surface area contributed by atoms with Crippen LogP contribution in [0.1, 0.15) is 22.2 Å². The molecule has 0 amide bonds. The number of hydrogen-bond donors (Lipinski definition) is 1. The molecule has 0 saturated heterocycles. The molecule has 102 valence electrons. The Hall–Kier alpha value is -1.36. The van der Waals surface area contributed by atoms with Crippen molar-refractivity contribution in [1.29, 1.82) is 0 Å². The molecule has 2 aromatic heterocycles. The lowest BCUT2D eigenvalue weighted by Crippen LogP contribution is -2.21. The highest BCUT2D eigenvalue weighted by Gasteiger charge is 2.16. The Morgan fingerprint density at radius 3 is 2.55 bits per heavy atom. The van der Waals surface area contributed by atoms with Crippen molar-refractivity contribution in [2.75, 3.05) is 0 Å². The van der Waals surface area contributed by atoms with Crippen LogP contribution in [0.3, 0.4) is 0 Å². The second-order valence-corrected chi connectivity index (χ2v) is 6.99. The summed E-state index contributed by atoms with van der Waals surface area (Å²) in [6, 6.07) is 18.6. The van der Waals surface area contributed by atoms with Crippen LogP contribution < -0.4 is 5.32 Å². The number of benzene rings is 1. The Morgan fingerprint density at radius 1 is 1.05 bits per heavy atom. The molecule has 0 saturated carbocycles. The number of hydrogen-bond acceptors (Lipinski definition) is 3. The zero-order valence-electron chi connectivity index (χ0n) is 10.8. The van der Waals surface area contributed by atoms with E-state index in [2.05, 4.69) is 57.6 Å². The molecule has 0 spiro atoms. The summed E-state index contributed by atoms with van der Waals surface area (Å²) in [7, 11) is 0. The highest BCUT2D eigenvalue weighted by atomic mass is 79.9. The number of nitrogens with one attached hydrogen (secondary N) is 1. The Bertz CT molecular complexity index is 648. The van der Waals surface area contributed by atoms with Crippen LogP contribution >= 0.6 is 27.3 Å². The predicted octanol–water partition coefficient (Wildman–Crippen LogP) is 4.98. The minimum Gasteiger partial charge on any atom is -0.467 e. The highest BCUT2D eigenvalue weighted by Crippen LogP contribution is 2.25. The van der Waals surface area contributed by atoms with Gasteiger partial charge in [0.2, 0.25) is 0 Å². The molecule has 2 heterocycles. The molecule has 0 fully saturated rings. The maximum Gasteiger partial charge on any atom is 0.125 e. The lowest BCUT2D eigenvalue weighted by Gasteiger charge is -2.16. The largest absolute Gasteiger partial charge is 0.467 e. The standard InChI is InChI=1S/C16H14BrNOS/c17-15-9-8-13(20-15)11-18-16(14-7-4-10-19-14)12-5-2-1-3-6-12/h1-10,16,18H,11H2. The molecule has 0 aliphatic rings. The molecule has 0 aliphatic carbocycles. The number of thiophene rings is 1. The van der Waals surface area contributed by atoms with Gasteiger partial charge in [0.15, 0.2) is 0 Å². The minimum atomic E-state index is 0.0760. The van der Waals surface area contributed by atoms with Crippen molar-refractivity contribution in [3.63, 3.8) is 0 Å². The van der Waals surface area contributed by atoms with Crippen LogP contribution in [0.15, 0.2) is 69.1 Å². The van der Waals surface area contributed by atoms with Crippen molar-refractivity contribution in [2.45, 2.75) is 12.6 Å². The van der Waals surface area contributed by atoms with Gasteiger partial charge in [-0.25, -0.2) is 0 Å². The summed E-state index contributed by atoms with van der Waals surface area (Å²) >= 11 is 5.24. The quantitative estimate of drug-likeness (QED) is 0.703. The van der Waals surface area contributed by atoms with E-state index in [1.54, 1.807) is 17.6 Å². The van der Waals surface area contributed by atoms with E-state index in [1.807, 2.05) is 18.2 Å². The van der Waals surface area contributed by atoms with Crippen LogP contribution in [0.5, 0.6) is 0 Å². The Kier molecular flexibility index (Phi) is 4.35. The third-order valence-electron chi connectivity index (χ3n) is 3.07. The number of furan rings is 1. The fourth-order valence-corrected chi connectivity index (χ4v) is 3.57. The molecule has 3 rings (SSSR count). The van der Waals surface area contributed by atoms with E-state index in [9.17, 15) is 0 Å². The molecular weight excluding hydrogens is 334 g/mol. The van der Waals surface area contributed by atoms with Crippen molar-refractivity contribution in [2.24, 2.45) is 0 Å². The lowest BCUT2D eigenvalue weighted by atomic mass is 10.0. The van der Waals surface area contributed by atoms with E-state index in [0.717, 1.165) is 16.1 Å². The average molecular weight is 348 g/mol. The average Bonchev–Trinajstić information content (AvgIpc) is 3.12. The summed E-state index contributed by atoms with van der Waals surface area (Å²) in [6.45, 7) is 0.816. The zero-order chi connectivity index (χ0) is 13.8. The van der Waals surface area contributed by atoms with E-state index in [0.29, 0.717) is 0 Å². The van der Waals surface area contributed by atoms with Crippen LogP contribution in [0.2, 0.25) is 0 Å². The molecule has 0 aliphatic heterocycles. The minimum absolute atomic E-state index is 0.0760. The third kappa shape index (κ3) is 3.20. The van der Waals surface area contributed by atoms with Crippen molar-refractivity contribution in [3.05, 3.63) is 80.8 Å². The molecule has 3 aromatic rings. The van der Waals surface area contributed by atoms with E-state index in [-0.39, 0.29) is 6.04 Å². The fourth-order valence-electron chi connectivity index (χ4n) is 2.13. The SMILES string of the molecule is Brc1ccc(CNC(c2ccccc2)c2ccco2)s1. The molecule has 2 nitrogen and oxygen atoms in total. The summed E-state index contributed by atoms with van der Waals surface area (Å²) in [5, 5.41) is 3.56. The van der Waals surface area contributed by atoms with Gasteiger partial charge >= 0.3 is 0 Å². The van der Waals surface area contributed by atoms with Crippen molar-refractivity contribution in [1.82, 2.24) is 5.32 Å². The van der Waals surface area contributed by atoms with Gasteiger partial charge in [-0.1, -0.05) is 30.3 Å². The van der Waals surface area contributed by atoms with Crippen LogP contribution in [-0.4, -0.2) is 0 Å². The van der Waals surface area contributed by atoms with Crippen LogP contribution in [-0.2, 0) is 6.54 Å². The van der Waals surface area contributed by atoms with Gasteiger partial charge in [0.05, 0.1) is 16.1 Å².